The molecule has 0 atom stereocenters. The highest BCUT2D eigenvalue weighted by molar-refractivity contribution is 6.05. The molecule has 14 nitrogen and oxygen atoms in total. The number of aromatic amines is 1. The number of amides is 4. The molecule has 8 rings (SSSR count). The third-order valence-electron chi connectivity index (χ3n) is 13.4. The lowest BCUT2D eigenvalue weighted by Gasteiger charge is -2.43. The number of nitrogens with one attached hydrogen (secondary N) is 3. The van der Waals surface area contributed by atoms with Gasteiger partial charge in [-0.1, -0.05) is 12.1 Å². The summed E-state index contributed by atoms with van der Waals surface area (Å²) in [7, 11) is 0. The lowest BCUT2D eigenvalue weighted by atomic mass is 9.95. The Morgan fingerprint density at radius 1 is 0.887 bits per heavy atom. The van der Waals surface area contributed by atoms with Crippen LogP contribution in [0.4, 0.5) is 21.9 Å². The van der Waals surface area contributed by atoms with Gasteiger partial charge in [0.05, 0.1) is 11.9 Å². The Bertz CT molecular complexity index is 2310. The van der Waals surface area contributed by atoms with Crippen LogP contribution in [-0.4, -0.2) is 115 Å². The van der Waals surface area contributed by atoms with Crippen LogP contribution in [0, 0.1) is 20.8 Å². The summed E-state index contributed by atoms with van der Waals surface area (Å²) in [6, 6.07) is 17.4. The number of imide groups is 1. The van der Waals surface area contributed by atoms with E-state index in [1.807, 2.05) is 39.0 Å². The van der Waals surface area contributed by atoms with E-state index in [0.717, 1.165) is 136 Å². The molecule has 2 aromatic carbocycles. The number of hydrogen-bond acceptors (Lipinski definition) is 10. The molecule has 14 heteroatoms. The first-order chi connectivity index (χ1) is 30.1. The number of urea groups is 1. The molecule has 4 aliphatic heterocycles. The van der Waals surface area contributed by atoms with Gasteiger partial charge in [-0.15, -0.1) is 0 Å². The molecule has 62 heavy (non-hydrogen) atoms. The third kappa shape index (κ3) is 9.57. The van der Waals surface area contributed by atoms with Crippen LogP contribution in [0.1, 0.15) is 77.3 Å². The number of likely N-dealkylation sites (tertiary alicyclic amines) is 1. The summed E-state index contributed by atoms with van der Waals surface area (Å²) < 4.78 is 5.71. The smallest absolute Gasteiger partial charge is 0.328 e. The van der Waals surface area contributed by atoms with Crippen LogP contribution < -0.4 is 30.9 Å². The SMILES string of the molecule is CCN(c1cc(-c2ccc(N3CCN(C4CCN(Cc5ccncc5N5CCC(=O)NC5=O)CC4)CC3)cc2)cc(C(=O)NCc2c(C)cc(C)[nH]c2=O)c1C)C1CCOCC1. The van der Waals surface area contributed by atoms with Crippen LogP contribution in [0.2, 0.25) is 0 Å². The maximum atomic E-state index is 14.0. The number of aryl methyl sites for hydroxylation is 2. The van der Waals surface area contributed by atoms with Gasteiger partial charge in [-0.3, -0.25) is 39.4 Å². The van der Waals surface area contributed by atoms with E-state index in [4.69, 9.17) is 4.74 Å². The Hall–Kier alpha value is -5.57. The van der Waals surface area contributed by atoms with Gasteiger partial charge >= 0.3 is 6.03 Å². The van der Waals surface area contributed by atoms with E-state index in [1.165, 1.54) is 5.69 Å². The van der Waals surface area contributed by atoms with Crippen LogP contribution in [-0.2, 0) is 22.6 Å². The van der Waals surface area contributed by atoms with E-state index in [9.17, 15) is 19.2 Å². The van der Waals surface area contributed by atoms with E-state index in [2.05, 4.69) is 77.5 Å². The molecule has 4 saturated heterocycles. The molecule has 4 amide bonds. The Morgan fingerprint density at radius 3 is 2.32 bits per heavy atom. The zero-order valence-corrected chi connectivity index (χ0v) is 36.7. The van der Waals surface area contributed by atoms with Crippen molar-refractivity contribution in [1.29, 1.82) is 0 Å². The average Bonchev–Trinajstić information content (AvgIpc) is 3.28. The number of benzene rings is 2. The Balaban J connectivity index is 0.911. The fraction of sp³-hybridized carbons (Fsp3) is 0.479. The van der Waals surface area contributed by atoms with Crippen LogP contribution in [0.3, 0.4) is 0 Å². The highest BCUT2D eigenvalue weighted by Crippen LogP contribution is 2.35. The molecule has 0 spiro atoms. The number of H-pyrrole nitrogens is 1. The number of hydrogen-bond donors (Lipinski definition) is 3. The van der Waals surface area contributed by atoms with E-state index in [0.29, 0.717) is 29.8 Å². The average molecular weight is 844 g/mol. The first-order valence-corrected chi connectivity index (χ1v) is 22.4. The molecule has 0 bridgehead atoms. The van der Waals surface area contributed by atoms with Crippen molar-refractivity contribution in [3.05, 3.63) is 105 Å². The quantitative estimate of drug-likeness (QED) is 0.167. The van der Waals surface area contributed by atoms with Gasteiger partial charge in [-0.2, -0.15) is 0 Å². The van der Waals surface area contributed by atoms with E-state index in [-0.39, 0.29) is 36.4 Å². The van der Waals surface area contributed by atoms with Crippen LogP contribution in [0.5, 0.6) is 0 Å². The zero-order chi connectivity index (χ0) is 43.3. The second-order valence-corrected chi connectivity index (χ2v) is 17.3. The van der Waals surface area contributed by atoms with Crippen molar-refractivity contribution in [2.75, 3.05) is 80.3 Å². The number of piperidine rings is 1. The van der Waals surface area contributed by atoms with Gasteiger partial charge in [0, 0.05) is 118 Å². The first kappa shape index (κ1) is 43.1. The van der Waals surface area contributed by atoms with Gasteiger partial charge in [0.15, 0.2) is 0 Å². The molecule has 0 radical (unpaired) electrons. The molecule has 4 aliphatic rings. The van der Waals surface area contributed by atoms with Crippen LogP contribution in [0.15, 0.2) is 65.7 Å². The van der Waals surface area contributed by atoms with E-state index in [1.54, 1.807) is 17.3 Å². The number of pyridine rings is 2. The van der Waals surface area contributed by atoms with Crippen LogP contribution in [0.25, 0.3) is 11.1 Å². The first-order valence-electron chi connectivity index (χ1n) is 22.4. The summed E-state index contributed by atoms with van der Waals surface area (Å²) in [6.07, 6.45) is 7.87. The number of nitrogens with zero attached hydrogens (tertiary/aromatic N) is 6. The minimum absolute atomic E-state index is 0.151. The Labute approximate surface area is 364 Å². The minimum atomic E-state index is -0.379. The normalized spacial score (nSPS) is 18.5. The molecular formula is C48H61N9O5. The summed E-state index contributed by atoms with van der Waals surface area (Å²) in [5.41, 5.74) is 9.72. The van der Waals surface area contributed by atoms with Gasteiger partial charge < -0.3 is 24.8 Å². The summed E-state index contributed by atoms with van der Waals surface area (Å²) in [5.74, 6) is -0.432. The highest BCUT2D eigenvalue weighted by atomic mass is 16.5. The number of carbonyl (C=O) groups excluding carboxylic acids is 3. The van der Waals surface area contributed by atoms with Crippen molar-refractivity contribution >= 4 is 34.9 Å². The highest BCUT2D eigenvalue weighted by Gasteiger charge is 2.31. The van der Waals surface area contributed by atoms with Crippen molar-refractivity contribution in [2.24, 2.45) is 0 Å². The molecule has 328 valence electrons. The molecular weight excluding hydrogens is 783 g/mol. The Kier molecular flexibility index (Phi) is 13.4. The lowest BCUT2D eigenvalue weighted by molar-refractivity contribution is -0.120. The summed E-state index contributed by atoms with van der Waals surface area (Å²) in [6.45, 7) is 17.4. The largest absolute Gasteiger partial charge is 0.381 e. The number of piperazine rings is 1. The molecule has 2 aromatic heterocycles. The summed E-state index contributed by atoms with van der Waals surface area (Å²) in [4.78, 5) is 69.9. The van der Waals surface area contributed by atoms with Crippen molar-refractivity contribution in [3.63, 3.8) is 0 Å². The molecule has 3 N–H and O–H groups in total. The number of carbonyl (C=O) groups is 3. The van der Waals surface area contributed by atoms with Gasteiger partial charge in [0.2, 0.25) is 5.91 Å². The number of rotatable bonds is 12. The van der Waals surface area contributed by atoms with E-state index < -0.39 is 0 Å². The van der Waals surface area contributed by atoms with Gasteiger partial charge in [-0.25, -0.2) is 4.79 Å². The predicted molar refractivity (Wildman–Crippen MR) is 243 cm³/mol. The van der Waals surface area contributed by atoms with Gasteiger partial charge in [0.1, 0.15) is 0 Å². The molecule has 0 saturated carbocycles. The molecule has 6 heterocycles. The summed E-state index contributed by atoms with van der Waals surface area (Å²) in [5, 5.41) is 5.50. The predicted octanol–water partition coefficient (Wildman–Crippen LogP) is 5.53. The Morgan fingerprint density at radius 2 is 1.63 bits per heavy atom. The third-order valence-corrected chi connectivity index (χ3v) is 13.4. The van der Waals surface area contributed by atoms with Crippen molar-refractivity contribution in [1.82, 2.24) is 30.4 Å². The van der Waals surface area contributed by atoms with E-state index >= 15 is 0 Å². The second-order valence-electron chi connectivity index (χ2n) is 17.3. The maximum absolute atomic E-state index is 14.0. The second kappa shape index (κ2) is 19.2. The van der Waals surface area contributed by atoms with Gasteiger partial charge in [0.25, 0.3) is 11.5 Å². The van der Waals surface area contributed by atoms with Crippen LogP contribution >= 0.6 is 0 Å². The zero-order valence-electron chi connectivity index (χ0n) is 36.7. The molecule has 0 aliphatic carbocycles. The van der Waals surface area contributed by atoms with Crippen molar-refractivity contribution in [3.8, 4) is 11.1 Å². The topological polar surface area (TPSA) is 146 Å². The minimum Gasteiger partial charge on any atom is -0.381 e. The lowest BCUT2D eigenvalue weighted by Crippen LogP contribution is -2.53. The number of anilines is 3. The molecule has 4 aromatic rings. The number of aromatic nitrogens is 2. The van der Waals surface area contributed by atoms with Crippen molar-refractivity contribution < 1.29 is 19.1 Å². The standard InChI is InChI=1S/C48H61N9O5/c1-5-56(40-14-24-62-25-15-40)43-28-37(27-41(34(43)4)46(59)50-29-42-32(2)26-33(3)51-47(42)60)35-6-8-38(9-7-35)54-20-22-55(23-21-54)39-11-17-53(18-12-39)31-36-10-16-49-30-44(36)57-19-13-45(58)52-48(57)61/h6-10,16,26-28,30,39-40H,5,11-15,17-25,29,31H2,1-4H3,(H,50,59)(H,51,60)(H,52,58,61). The fourth-order valence-corrected chi connectivity index (χ4v) is 9.87. The number of ether oxygens (including phenoxy) is 1. The maximum Gasteiger partial charge on any atom is 0.328 e. The monoisotopic (exact) mass is 843 g/mol. The molecule has 4 fully saturated rings. The molecule has 0 unspecified atom stereocenters. The summed E-state index contributed by atoms with van der Waals surface area (Å²) >= 11 is 0. The van der Waals surface area contributed by atoms with Crippen molar-refractivity contribution in [2.45, 2.75) is 85.0 Å². The van der Waals surface area contributed by atoms with Gasteiger partial charge in [-0.05, 0) is 131 Å². The fourth-order valence-electron chi connectivity index (χ4n) is 9.87.